The van der Waals surface area contributed by atoms with Crippen LogP contribution in [-0.4, -0.2) is 13.2 Å². The Bertz CT molecular complexity index is 138. The molecule has 1 rings (SSSR count). The minimum Gasteiger partial charge on any atom is -0.381 e. The van der Waals surface area contributed by atoms with Crippen LogP contribution < -0.4 is 0 Å². The lowest BCUT2D eigenvalue weighted by Gasteiger charge is -2.39. The minimum absolute atomic E-state index is 0.405. The summed E-state index contributed by atoms with van der Waals surface area (Å²) in [6.07, 6.45) is 2.61. The van der Waals surface area contributed by atoms with Crippen molar-refractivity contribution in [3.8, 4) is 0 Å². The Morgan fingerprint density at radius 2 is 2.08 bits per heavy atom. The fourth-order valence-corrected chi connectivity index (χ4v) is 2.08. The van der Waals surface area contributed by atoms with Gasteiger partial charge in [-0.3, -0.25) is 0 Å². The van der Waals surface area contributed by atoms with E-state index < -0.39 is 0 Å². The van der Waals surface area contributed by atoms with Crippen LogP contribution in [0.1, 0.15) is 40.5 Å². The molecule has 0 aliphatic carbocycles. The molecule has 1 saturated heterocycles. The maximum atomic E-state index is 5.50. The van der Waals surface area contributed by atoms with Gasteiger partial charge in [-0.2, -0.15) is 0 Å². The van der Waals surface area contributed by atoms with Gasteiger partial charge in [0.2, 0.25) is 0 Å². The van der Waals surface area contributed by atoms with Gasteiger partial charge in [-0.1, -0.05) is 27.7 Å². The quantitative estimate of drug-likeness (QED) is 0.619. The first kappa shape index (κ1) is 10.0. The van der Waals surface area contributed by atoms with Gasteiger partial charge in [-0.15, -0.1) is 0 Å². The van der Waals surface area contributed by atoms with Crippen molar-refractivity contribution in [3.05, 3.63) is 0 Å². The summed E-state index contributed by atoms with van der Waals surface area (Å²) >= 11 is 0. The molecule has 0 bridgehead atoms. The molecule has 1 nitrogen and oxygen atoms in total. The average molecular weight is 170 g/mol. The van der Waals surface area contributed by atoms with Gasteiger partial charge < -0.3 is 4.74 Å². The lowest BCUT2D eigenvalue weighted by molar-refractivity contribution is -0.0378. The van der Waals surface area contributed by atoms with E-state index in [1.54, 1.807) is 0 Å². The number of hydrogen-bond donors (Lipinski definition) is 0. The highest BCUT2D eigenvalue weighted by Crippen LogP contribution is 2.37. The number of hydrogen-bond acceptors (Lipinski definition) is 1. The lowest BCUT2D eigenvalue weighted by Crippen LogP contribution is -2.35. The van der Waals surface area contributed by atoms with E-state index in [2.05, 4.69) is 27.7 Å². The fourth-order valence-electron chi connectivity index (χ4n) is 2.08. The predicted molar refractivity (Wildman–Crippen MR) is 52.2 cm³/mol. The van der Waals surface area contributed by atoms with Crippen molar-refractivity contribution in [3.63, 3.8) is 0 Å². The van der Waals surface area contributed by atoms with E-state index in [4.69, 9.17) is 4.74 Å². The second-order valence-electron chi connectivity index (χ2n) is 5.16. The highest BCUT2D eigenvalue weighted by molar-refractivity contribution is 4.81. The van der Waals surface area contributed by atoms with Crippen LogP contribution in [0.2, 0.25) is 0 Å². The van der Waals surface area contributed by atoms with Crippen LogP contribution >= 0.6 is 0 Å². The van der Waals surface area contributed by atoms with Crippen LogP contribution in [0.3, 0.4) is 0 Å². The zero-order chi connectivity index (χ0) is 9.19. The average Bonchev–Trinajstić information content (AvgIpc) is 1.92. The maximum Gasteiger partial charge on any atom is 0.0519 e. The standard InChI is InChI=1S/C11H22O/c1-9(2)7-10-5-6-12-8-11(10,3)4/h9-10H,5-8H2,1-4H3. The predicted octanol–water partition coefficient (Wildman–Crippen LogP) is 3.10. The van der Waals surface area contributed by atoms with Gasteiger partial charge in [-0.05, 0) is 30.1 Å². The Morgan fingerprint density at radius 1 is 1.42 bits per heavy atom. The molecule has 1 heterocycles. The summed E-state index contributed by atoms with van der Waals surface area (Å²) in [6.45, 7) is 11.2. The summed E-state index contributed by atoms with van der Waals surface area (Å²) in [5.41, 5.74) is 0.405. The summed E-state index contributed by atoms with van der Waals surface area (Å²) in [5.74, 6) is 1.69. The molecule has 0 saturated carbocycles. The van der Waals surface area contributed by atoms with Gasteiger partial charge in [0.1, 0.15) is 0 Å². The second-order valence-corrected chi connectivity index (χ2v) is 5.16. The van der Waals surface area contributed by atoms with E-state index in [0.717, 1.165) is 25.0 Å². The van der Waals surface area contributed by atoms with Crippen LogP contribution in [0, 0.1) is 17.3 Å². The second kappa shape index (κ2) is 3.78. The monoisotopic (exact) mass is 170 g/mol. The molecule has 1 heteroatoms. The molecule has 0 aromatic carbocycles. The van der Waals surface area contributed by atoms with Gasteiger partial charge in [0.05, 0.1) is 6.61 Å². The maximum absolute atomic E-state index is 5.50. The largest absolute Gasteiger partial charge is 0.381 e. The number of rotatable bonds is 2. The molecule has 1 aliphatic rings. The Morgan fingerprint density at radius 3 is 2.58 bits per heavy atom. The van der Waals surface area contributed by atoms with Gasteiger partial charge in [0, 0.05) is 6.61 Å². The molecule has 0 amide bonds. The zero-order valence-electron chi connectivity index (χ0n) is 8.89. The van der Waals surface area contributed by atoms with Crippen LogP contribution in [0.5, 0.6) is 0 Å². The molecule has 72 valence electrons. The third-order valence-electron chi connectivity index (χ3n) is 2.95. The SMILES string of the molecule is CC(C)CC1CCOCC1(C)C. The van der Waals surface area contributed by atoms with Crippen LogP contribution in [0.15, 0.2) is 0 Å². The molecule has 1 unspecified atom stereocenters. The lowest BCUT2D eigenvalue weighted by atomic mass is 9.72. The van der Waals surface area contributed by atoms with E-state index in [1.165, 1.54) is 12.8 Å². The van der Waals surface area contributed by atoms with Crippen molar-refractivity contribution in [2.45, 2.75) is 40.5 Å². The van der Waals surface area contributed by atoms with E-state index >= 15 is 0 Å². The van der Waals surface area contributed by atoms with E-state index in [9.17, 15) is 0 Å². The Labute approximate surface area is 76.5 Å². The van der Waals surface area contributed by atoms with E-state index in [-0.39, 0.29) is 0 Å². The molecule has 0 radical (unpaired) electrons. The third kappa shape index (κ3) is 2.48. The molecule has 1 atom stereocenters. The first-order valence-electron chi connectivity index (χ1n) is 5.10. The topological polar surface area (TPSA) is 9.23 Å². The first-order valence-corrected chi connectivity index (χ1v) is 5.10. The van der Waals surface area contributed by atoms with Crippen LogP contribution in [-0.2, 0) is 4.74 Å². The highest BCUT2D eigenvalue weighted by atomic mass is 16.5. The van der Waals surface area contributed by atoms with Gasteiger partial charge >= 0.3 is 0 Å². The van der Waals surface area contributed by atoms with Crippen LogP contribution in [0.25, 0.3) is 0 Å². The third-order valence-corrected chi connectivity index (χ3v) is 2.95. The summed E-state index contributed by atoms with van der Waals surface area (Å²) in [7, 11) is 0. The van der Waals surface area contributed by atoms with Crippen molar-refractivity contribution in [2.24, 2.45) is 17.3 Å². The van der Waals surface area contributed by atoms with Crippen LogP contribution in [0.4, 0.5) is 0 Å². The van der Waals surface area contributed by atoms with Crippen molar-refractivity contribution < 1.29 is 4.74 Å². The first-order chi connectivity index (χ1) is 5.52. The summed E-state index contributed by atoms with van der Waals surface area (Å²) in [5, 5.41) is 0. The summed E-state index contributed by atoms with van der Waals surface area (Å²) in [6, 6.07) is 0. The smallest absolute Gasteiger partial charge is 0.0519 e. The summed E-state index contributed by atoms with van der Waals surface area (Å²) < 4.78 is 5.50. The molecule has 0 N–H and O–H groups in total. The molecule has 0 spiro atoms. The number of ether oxygens (including phenoxy) is 1. The molecule has 12 heavy (non-hydrogen) atoms. The molecular formula is C11H22O. The molecule has 1 fully saturated rings. The van der Waals surface area contributed by atoms with Gasteiger partial charge in [-0.25, -0.2) is 0 Å². The van der Waals surface area contributed by atoms with Gasteiger partial charge in [0.25, 0.3) is 0 Å². The molecular weight excluding hydrogens is 148 g/mol. The van der Waals surface area contributed by atoms with E-state index in [1.807, 2.05) is 0 Å². The van der Waals surface area contributed by atoms with Crippen molar-refractivity contribution in [1.29, 1.82) is 0 Å². The van der Waals surface area contributed by atoms with Crippen molar-refractivity contribution >= 4 is 0 Å². The molecule has 0 aromatic rings. The van der Waals surface area contributed by atoms with Gasteiger partial charge in [0.15, 0.2) is 0 Å². The van der Waals surface area contributed by atoms with E-state index in [0.29, 0.717) is 5.41 Å². The minimum atomic E-state index is 0.405. The zero-order valence-corrected chi connectivity index (χ0v) is 8.89. The fraction of sp³-hybridized carbons (Fsp3) is 1.00. The Hall–Kier alpha value is -0.0400. The Kier molecular flexibility index (Phi) is 3.16. The summed E-state index contributed by atoms with van der Waals surface area (Å²) in [4.78, 5) is 0. The van der Waals surface area contributed by atoms with Crippen molar-refractivity contribution in [1.82, 2.24) is 0 Å². The molecule has 1 aliphatic heterocycles. The normalized spacial score (nSPS) is 29.2. The van der Waals surface area contributed by atoms with Crippen molar-refractivity contribution in [2.75, 3.05) is 13.2 Å². The Balaban J connectivity index is 2.48. The highest BCUT2D eigenvalue weighted by Gasteiger charge is 2.32. The molecule has 0 aromatic heterocycles.